The van der Waals surface area contributed by atoms with Crippen LogP contribution in [0.5, 0.6) is 0 Å². The van der Waals surface area contributed by atoms with Gasteiger partial charge in [0.15, 0.2) is 0 Å². The monoisotopic (exact) mass is 174 g/mol. The van der Waals surface area contributed by atoms with Crippen LogP contribution in [0.1, 0.15) is 5.56 Å². The summed E-state index contributed by atoms with van der Waals surface area (Å²) < 4.78 is 0. The molecule has 2 nitrogen and oxygen atoms in total. The minimum absolute atomic E-state index is 0.342. The summed E-state index contributed by atoms with van der Waals surface area (Å²) in [5.74, 6) is 0. The van der Waals surface area contributed by atoms with E-state index in [1.54, 1.807) is 0 Å². The van der Waals surface area contributed by atoms with Crippen molar-refractivity contribution in [2.75, 3.05) is 18.5 Å². The summed E-state index contributed by atoms with van der Waals surface area (Å²) in [4.78, 5) is 2.22. The quantitative estimate of drug-likeness (QED) is 0.698. The normalized spacial score (nSPS) is 20.2. The molecule has 0 saturated heterocycles. The minimum Gasteiger partial charge on any atom is -0.366 e. The Morgan fingerprint density at radius 2 is 2.15 bits per heavy atom. The van der Waals surface area contributed by atoms with Crippen LogP contribution in [0, 0.1) is 0 Å². The van der Waals surface area contributed by atoms with Gasteiger partial charge in [-0.15, -0.1) is 0 Å². The van der Waals surface area contributed by atoms with Crippen LogP contribution in [0.2, 0.25) is 0 Å². The molecule has 68 valence electrons. The highest BCUT2D eigenvalue weighted by Crippen LogP contribution is 2.26. The first kappa shape index (κ1) is 8.32. The van der Waals surface area contributed by atoms with Gasteiger partial charge in [0.05, 0.1) is 6.04 Å². The van der Waals surface area contributed by atoms with Crippen molar-refractivity contribution in [3.05, 3.63) is 35.9 Å². The first-order valence-corrected chi connectivity index (χ1v) is 4.53. The Morgan fingerprint density at radius 3 is 2.92 bits per heavy atom. The van der Waals surface area contributed by atoms with Crippen molar-refractivity contribution >= 4 is 11.8 Å². The maximum atomic E-state index is 5.66. The Labute approximate surface area is 78.7 Å². The van der Waals surface area contributed by atoms with Crippen molar-refractivity contribution in [2.45, 2.75) is 6.04 Å². The highest BCUT2D eigenvalue weighted by molar-refractivity contribution is 5.71. The van der Waals surface area contributed by atoms with Gasteiger partial charge in [-0.2, -0.15) is 0 Å². The largest absolute Gasteiger partial charge is 0.366 e. The fourth-order valence-corrected chi connectivity index (χ4v) is 1.71. The van der Waals surface area contributed by atoms with E-state index in [0.29, 0.717) is 12.6 Å². The third-order valence-electron chi connectivity index (χ3n) is 2.55. The van der Waals surface area contributed by atoms with Crippen molar-refractivity contribution in [3.8, 4) is 0 Å². The number of anilines is 1. The third-order valence-corrected chi connectivity index (χ3v) is 2.55. The van der Waals surface area contributed by atoms with Crippen LogP contribution in [0.15, 0.2) is 30.3 Å². The second-order valence-electron chi connectivity index (χ2n) is 3.33. The second-order valence-corrected chi connectivity index (χ2v) is 3.33. The maximum absolute atomic E-state index is 5.66. The fraction of sp³-hybridized carbons (Fsp3) is 0.273. The van der Waals surface area contributed by atoms with Crippen LogP contribution in [0.3, 0.4) is 0 Å². The Hall–Kier alpha value is -1.28. The molecule has 0 aliphatic carbocycles. The van der Waals surface area contributed by atoms with Crippen LogP contribution in [-0.2, 0) is 0 Å². The van der Waals surface area contributed by atoms with E-state index in [9.17, 15) is 0 Å². The van der Waals surface area contributed by atoms with Crippen LogP contribution in [-0.4, -0.2) is 19.6 Å². The third kappa shape index (κ3) is 1.33. The summed E-state index contributed by atoms with van der Waals surface area (Å²) in [5.41, 5.74) is 8.20. The predicted molar refractivity (Wildman–Crippen MR) is 56.7 cm³/mol. The van der Waals surface area contributed by atoms with E-state index in [1.165, 1.54) is 11.3 Å². The highest BCUT2D eigenvalue weighted by Gasteiger charge is 2.16. The lowest BCUT2D eigenvalue weighted by molar-refractivity contribution is 0.751. The zero-order valence-corrected chi connectivity index (χ0v) is 7.77. The van der Waals surface area contributed by atoms with E-state index in [4.69, 9.17) is 5.73 Å². The highest BCUT2D eigenvalue weighted by atomic mass is 15.1. The molecule has 0 aromatic heterocycles. The summed E-state index contributed by atoms with van der Waals surface area (Å²) in [6, 6.07) is 8.70. The topological polar surface area (TPSA) is 29.3 Å². The van der Waals surface area contributed by atoms with Crippen molar-refractivity contribution in [2.24, 2.45) is 5.73 Å². The van der Waals surface area contributed by atoms with E-state index in [2.05, 4.69) is 48.4 Å². The van der Waals surface area contributed by atoms with Gasteiger partial charge in [0, 0.05) is 19.3 Å². The molecule has 0 radical (unpaired) electrons. The smallest absolute Gasteiger partial charge is 0.0595 e. The lowest BCUT2D eigenvalue weighted by atomic mass is 10.0. The molecule has 1 unspecified atom stereocenters. The molecule has 2 N–H and O–H groups in total. The Balaban J connectivity index is 2.42. The lowest BCUT2D eigenvalue weighted by Crippen LogP contribution is -2.38. The molecular formula is C11H14N2. The van der Waals surface area contributed by atoms with E-state index in [-0.39, 0.29) is 0 Å². The van der Waals surface area contributed by atoms with Gasteiger partial charge in [-0.25, -0.2) is 0 Å². The molecule has 1 aliphatic heterocycles. The van der Waals surface area contributed by atoms with Crippen LogP contribution in [0.25, 0.3) is 6.08 Å². The number of likely N-dealkylation sites (N-methyl/N-ethyl adjacent to an activating group) is 1. The van der Waals surface area contributed by atoms with Gasteiger partial charge in [-0.1, -0.05) is 30.4 Å². The standard InChI is InChI=1S/C11H14N2/c1-13-10(8-12)7-6-9-4-2-3-5-11(9)13/h2-7,10H,8,12H2,1H3. The molecule has 13 heavy (non-hydrogen) atoms. The molecule has 2 rings (SSSR count). The van der Waals surface area contributed by atoms with E-state index in [1.807, 2.05) is 0 Å². The van der Waals surface area contributed by atoms with Gasteiger partial charge in [0.2, 0.25) is 0 Å². The molecule has 1 heterocycles. The first-order valence-electron chi connectivity index (χ1n) is 4.53. The molecule has 2 heteroatoms. The average molecular weight is 174 g/mol. The number of benzene rings is 1. The molecule has 1 aliphatic rings. The Bertz CT molecular complexity index is 331. The summed E-state index contributed by atoms with van der Waals surface area (Å²) in [5, 5.41) is 0. The summed E-state index contributed by atoms with van der Waals surface area (Å²) in [7, 11) is 2.08. The van der Waals surface area contributed by atoms with Crippen LogP contribution >= 0.6 is 0 Å². The number of nitrogens with zero attached hydrogens (tertiary/aromatic N) is 1. The zero-order valence-electron chi connectivity index (χ0n) is 7.77. The molecule has 0 bridgehead atoms. The minimum atomic E-state index is 0.342. The number of rotatable bonds is 1. The van der Waals surface area contributed by atoms with Crippen LogP contribution < -0.4 is 10.6 Å². The fourth-order valence-electron chi connectivity index (χ4n) is 1.71. The van der Waals surface area contributed by atoms with Crippen molar-refractivity contribution in [3.63, 3.8) is 0 Å². The van der Waals surface area contributed by atoms with E-state index < -0.39 is 0 Å². The van der Waals surface area contributed by atoms with Gasteiger partial charge in [0.1, 0.15) is 0 Å². The number of para-hydroxylation sites is 1. The molecule has 0 saturated carbocycles. The molecule has 0 spiro atoms. The predicted octanol–water partition coefficient (Wildman–Crippen LogP) is 1.48. The molecule has 1 aromatic rings. The van der Waals surface area contributed by atoms with Gasteiger partial charge in [-0.3, -0.25) is 0 Å². The number of hydrogen-bond acceptors (Lipinski definition) is 2. The Kier molecular flexibility index (Phi) is 2.07. The molecule has 0 amide bonds. The van der Waals surface area contributed by atoms with Gasteiger partial charge in [-0.05, 0) is 11.6 Å². The molecular weight excluding hydrogens is 160 g/mol. The summed E-state index contributed by atoms with van der Waals surface area (Å²) in [6.45, 7) is 0.668. The number of nitrogens with two attached hydrogens (primary N) is 1. The Morgan fingerprint density at radius 1 is 1.38 bits per heavy atom. The van der Waals surface area contributed by atoms with E-state index >= 15 is 0 Å². The molecule has 0 fully saturated rings. The number of hydrogen-bond donors (Lipinski definition) is 1. The molecule has 1 aromatic carbocycles. The van der Waals surface area contributed by atoms with Gasteiger partial charge >= 0.3 is 0 Å². The average Bonchev–Trinajstić information content (AvgIpc) is 2.19. The number of fused-ring (bicyclic) bond motifs is 1. The summed E-state index contributed by atoms with van der Waals surface area (Å²) >= 11 is 0. The maximum Gasteiger partial charge on any atom is 0.0595 e. The second kappa shape index (κ2) is 3.23. The first-order chi connectivity index (χ1) is 6.33. The van der Waals surface area contributed by atoms with Gasteiger partial charge in [0.25, 0.3) is 0 Å². The lowest BCUT2D eigenvalue weighted by Gasteiger charge is -2.31. The molecule has 1 atom stereocenters. The van der Waals surface area contributed by atoms with Crippen molar-refractivity contribution in [1.29, 1.82) is 0 Å². The van der Waals surface area contributed by atoms with E-state index in [0.717, 1.165) is 0 Å². The van der Waals surface area contributed by atoms with Crippen LogP contribution in [0.4, 0.5) is 5.69 Å². The van der Waals surface area contributed by atoms with Crippen molar-refractivity contribution in [1.82, 2.24) is 0 Å². The van der Waals surface area contributed by atoms with Gasteiger partial charge < -0.3 is 10.6 Å². The zero-order chi connectivity index (χ0) is 9.26. The SMILES string of the molecule is CN1c2ccccc2C=CC1CN. The summed E-state index contributed by atoms with van der Waals surface area (Å²) in [6.07, 6.45) is 4.30. The van der Waals surface area contributed by atoms with Crippen molar-refractivity contribution < 1.29 is 0 Å².